The number of aliphatic imine (C=N–C) groups is 1. The topological polar surface area (TPSA) is 83.9 Å². The maximum Gasteiger partial charge on any atom is 0.257 e. The maximum absolute atomic E-state index is 14.5. The highest BCUT2D eigenvalue weighted by Crippen LogP contribution is 2.53. The summed E-state index contributed by atoms with van der Waals surface area (Å²) >= 11 is 9.37. The van der Waals surface area contributed by atoms with Crippen molar-refractivity contribution in [3.05, 3.63) is 51.0 Å². The maximum atomic E-state index is 14.5. The van der Waals surface area contributed by atoms with Crippen LogP contribution in [0.4, 0.5) is 4.39 Å². The molecule has 0 saturated heterocycles. The minimum atomic E-state index is -1.32. The van der Waals surface area contributed by atoms with E-state index in [1.165, 1.54) is 18.0 Å². The Morgan fingerprint density at radius 3 is 2.93 bits per heavy atom. The van der Waals surface area contributed by atoms with Gasteiger partial charge in [0.15, 0.2) is 5.75 Å². The molecule has 0 radical (unpaired) electrons. The summed E-state index contributed by atoms with van der Waals surface area (Å²) in [6.45, 7) is 0. The molecule has 1 aromatic carbocycles. The van der Waals surface area contributed by atoms with Gasteiger partial charge in [-0.15, -0.1) is 0 Å². The molecule has 0 saturated carbocycles. The van der Waals surface area contributed by atoms with Gasteiger partial charge in [0.2, 0.25) is 18.3 Å². The lowest BCUT2D eigenvalue weighted by atomic mass is 9.77. The number of aromatic nitrogens is 1. The number of nitrogens with one attached hydrogen (secondary N) is 1. The van der Waals surface area contributed by atoms with E-state index < -0.39 is 11.5 Å². The van der Waals surface area contributed by atoms with Crippen molar-refractivity contribution in [3.8, 4) is 11.5 Å². The van der Waals surface area contributed by atoms with Crippen molar-refractivity contribution in [2.45, 2.75) is 12.0 Å². The van der Waals surface area contributed by atoms with Crippen molar-refractivity contribution < 1.29 is 18.7 Å². The van der Waals surface area contributed by atoms with Gasteiger partial charge in [0.05, 0.1) is 6.42 Å². The van der Waals surface area contributed by atoms with Crippen molar-refractivity contribution in [2.75, 3.05) is 7.05 Å². The Labute approximate surface area is 166 Å². The van der Waals surface area contributed by atoms with Crippen LogP contribution in [-0.4, -0.2) is 35.2 Å². The second-order valence-electron chi connectivity index (χ2n) is 6.04. The summed E-state index contributed by atoms with van der Waals surface area (Å²) in [7, 11) is 1.49. The first-order valence-corrected chi connectivity index (χ1v) is 8.94. The molecular weight excluding hydrogens is 443 g/mol. The Morgan fingerprint density at radius 2 is 2.19 bits per heavy atom. The van der Waals surface area contributed by atoms with E-state index in [4.69, 9.17) is 16.3 Å². The molecule has 2 aliphatic rings. The summed E-state index contributed by atoms with van der Waals surface area (Å²) in [6.07, 6.45) is 0.316. The number of rotatable bonds is 1. The predicted octanol–water partition coefficient (Wildman–Crippen LogP) is 2.95. The van der Waals surface area contributed by atoms with Crippen LogP contribution in [0, 0.1) is 5.95 Å². The second-order valence-corrected chi connectivity index (χ2v) is 7.35. The molecule has 1 atom stereocenters. The second kappa shape index (κ2) is 6.28. The van der Waals surface area contributed by atoms with Gasteiger partial charge in [-0.2, -0.15) is 4.39 Å². The normalized spacial score (nSPS) is 20.5. The SMILES string of the molecule is CN1C(=O)CC2(N=C1NC=O)c1cc(Br)ccc1Oc1c2cc(Cl)nc1F. The summed E-state index contributed by atoms with van der Waals surface area (Å²) < 4.78 is 20.9. The summed E-state index contributed by atoms with van der Waals surface area (Å²) in [5, 5.41) is 2.32. The number of nitrogens with zero attached hydrogens (tertiary/aromatic N) is 3. The van der Waals surface area contributed by atoms with Gasteiger partial charge in [-0.3, -0.25) is 19.8 Å². The zero-order valence-electron chi connectivity index (χ0n) is 13.8. The first-order chi connectivity index (χ1) is 12.9. The van der Waals surface area contributed by atoms with Gasteiger partial charge < -0.3 is 4.74 Å². The van der Waals surface area contributed by atoms with E-state index in [2.05, 4.69) is 31.2 Å². The number of guanidine groups is 1. The lowest BCUT2D eigenvalue weighted by Crippen LogP contribution is -2.51. The molecule has 1 unspecified atom stereocenters. The molecule has 0 fully saturated rings. The number of carbonyl (C=O) groups is 2. The van der Waals surface area contributed by atoms with E-state index in [9.17, 15) is 14.0 Å². The molecule has 1 N–H and O–H groups in total. The van der Waals surface area contributed by atoms with Crippen molar-refractivity contribution >= 4 is 45.8 Å². The number of halogens is 3. The molecule has 2 aliphatic heterocycles. The Kier molecular flexibility index (Phi) is 4.15. The third kappa shape index (κ3) is 2.69. The Balaban J connectivity index is 2.09. The van der Waals surface area contributed by atoms with Gasteiger partial charge in [0, 0.05) is 22.6 Å². The van der Waals surface area contributed by atoms with Gasteiger partial charge in [0.25, 0.3) is 5.95 Å². The first kappa shape index (κ1) is 17.9. The summed E-state index contributed by atoms with van der Waals surface area (Å²) in [4.78, 5) is 33.2. The number of amides is 2. The van der Waals surface area contributed by atoms with Crippen LogP contribution in [0.25, 0.3) is 0 Å². The Hall–Kier alpha value is -2.52. The zero-order chi connectivity index (χ0) is 19.3. The monoisotopic (exact) mass is 452 g/mol. The van der Waals surface area contributed by atoms with E-state index in [-0.39, 0.29) is 34.8 Å². The van der Waals surface area contributed by atoms with Crippen LogP contribution < -0.4 is 10.1 Å². The highest BCUT2D eigenvalue weighted by atomic mass is 79.9. The van der Waals surface area contributed by atoms with Crippen LogP contribution in [0.2, 0.25) is 5.15 Å². The number of hydrogen-bond acceptors (Lipinski definition) is 5. The standard InChI is InChI=1S/C17H11BrClFN4O3/c1-24-13(26)6-17(23-16(24)21-7-25)9-4-8(18)2-3-11(9)27-14-10(17)5-12(19)22-15(14)20/h2-5,7H,6H2,1H3,(H,21,23,25). The summed E-state index contributed by atoms with van der Waals surface area (Å²) in [6, 6.07) is 6.53. The van der Waals surface area contributed by atoms with Crippen LogP contribution in [-0.2, 0) is 15.1 Å². The Morgan fingerprint density at radius 1 is 1.41 bits per heavy atom. The molecule has 0 bridgehead atoms. The van der Waals surface area contributed by atoms with Crippen LogP contribution in [0.3, 0.4) is 0 Å². The van der Waals surface area contributed by atoms with Crippen LogP contribution in [0.15, 0.2) is 33.7 Å². The summed E-state index contributed by atoms with van der Waals surface area (Å²) in [5.74, 6) is -1.01. The predicted molar refractivity (Wildman–Crippen MR) is 98.2 cm³/mol. The first-order valence-electron chi connectivity index (χ1n) is 7.77. The number of pyridine rings is 1. The molecule has 3 heterocycles. The third-order valence-corrected chi connectivity index (χ3v) is 5.22. The average Bonchev–Trinajstić information content (AvgIpc) is 2.61. The molecule has 4 rings (SSSR count). The minimum Gasteiger partial charge on any atom is -0.452 e. The quantitative estimate of drug-likeness (QED) is 0.531. The van der Waals surface area contributed by atoms with E-state index in [0.717, 1.165) is 4.47 Å². The molecule has 2 aromatic rings. The largest absolute Gasteiger partial charge is 0.452 e. The van der Waals surface area contributed by atoms with Gasteiger partial charge in [-0.05, 0) is 24.3 Å². The smallest absolute Gasteiger partial charge is 0.257 e. The van der Waals surface area contributed by atoms with E-state index in [0.29, 0.717) is 17.7 Å². The van der Waals surface area contributed by atoms with Gasteiger partial charge in [-0.25, -0.2) is 9.98 Å². The molecule has 138 valence electrons. The number of fused-ring (bicyclic) bond motifs is 4. The zero-order valence-corrected chi connectivity index (χ0v) is 16.1. The number of ether oxygens (including phenoxy) is 1. The highest BCUT2D eigenvalue weighted by Gasteiger charge is 2.49. The van der Waals surface area contributed by atoms with Gasteiger partial charge in [0.1, 0.15) is 16.4 Å². The average molecular weight is 454 g/mol. The minimum absolute atomic E-state index is 0.0355. The highest BCUT2D eigenvalue weighted by molar-refractivity contribution is 9.10. The van der Waals surface area contributed by atoms with Crippen LogP contribution in [0.1, 0.15) is 17.5 Å². The molecular formula is C17H11BrClFN4O3. The van der Waals surface area contributed by atoms with Gasteiger partial charge in [-0.1, -0.05) is 27.5 Å². The molecule has 27 heavy (non-hydrogen) atoms. The Bertz CT molecular complexity index is 1030. The number of benzene rings is 1. The molecule has 7 nitrogen and oxygen atoms in total. The fourth-order valence-electron chi connectivity index (χ4n) is 3.29. The molecule has 0 aliphatic carbocycles. The number of carbonyl (C=O) groups excluding carboxylic acids is 2. The van der Waals surface area contributed by atoms with Crippen molar-refractivity contribution in [3.63, 3.8) is 0 Å². The molecule has 10 heteroatoms. The molecule has 2 amide bonds. The summed E-state index contributed by atoms with van der Waals surface area (Å²) in [5.41, 5.74) is -0.523. The fourth-order valence-corrected chi connectivity index (χ4v) is 3.83. The lowest BCUT2D eigenvalue weighted by Gasteiger charge is -2.41. The van der Waals surface area contributed by atoms with Crippen LogP contribution in [0.5, 0.6) is 11.5 Å². The molecule has 1 spiro atoms. The molecule has 1 aromatic heterocycles. The van der Waals surface area contributed by atoms with Crippen LogP contribution >= 0.6 is 27.5 Å². The van der Waals surface area contributed by atoms with Gasteiger partial charge >= 0.3 is 0 Å². The van der Waals surface area contributed by atoms with Crippen molar-refractivity contribution in [1.82, 2.24) is 15.2 Å². The van der Waals surface area contributed by atoms with Crippen molar-refractivity contribution in [2.24, 2.45) is 4.99 Å². The van der Waals surface area contributed by atoms with E-state index >= 15 is 0 Å². The third-order valence-electron chi connectivity index (χ3n) is 4.53. The fraction of sp³-hybridized carbons (Fsp3) is 0.176. The van der Waals surface area contributed by atoms with E-state index in [1.54, 1.807) is 18.2 Å². The van der Waals surface area contributed by atoms with E-state index in [1.807, 2.05) is 0 Å². The number of hydrogen-bond donors (Lipinski definition) is 1. The lowest BCUT2D eigenvalue weighted by molar-refractivity contribution is -0.128. The van der Waals surface area contributed by atoms with Crippen molar-refractivity contribution in [1.29, 1.82) is 0 Å².